The molecule has 0 fully saturated rings. The fourth-order valence-electron chi connectivity index (χ4n) is 2.47. The van der Waals surface area contributed by atoms with Crippen LogP contribution in [0.15, 0.2) is 36.4 Å². The van der Waals surface area contributed by atoms with E-state index in [1.807, 2.05) is 57.2 Å². The molecule has 126 valence electrons. The van der Waals surface area contributed by atoms with Crippen molar-refractivity contribution >= 4 is 11.5 Å². The Kier molecular flexibility index (Phi) is 4.66. The average molecular weight is 326 g/mol. The first-order valence-corrected chi connectivity index (χ1v) is 7.98. The number of aromatic nitrogens is 3. The summed E-state index contributed by atoms with van der Waals surface area (Å²) in [5.74, 6) is 1.56. The maximum absolute atomic E-state index is 10.1. The van der Waals surface area contributed by atoms with Crippen LogP contribution in [0.3, 0.4) is 0 Å². The lowest BCUT2D eigenvalue weighted by molar-refractivity contribution is 0.117. The van der Waals surface area contributed by atoms with E-state index in [0.717, 1.165) is 34.2 Å². The van der Waals surface area contributed by atoms with Crippen LogP contribution in [-0.2, 0) is 0 Å². The summed E-state index contributed by atoms with van der Waals surface area (Å²) in [4.78, 5) is 4.53. The van der Waals surface area contributed by atoms with Crippen LogP contribution in [-0.4, -0.2) is 39.0 Å². The van der Waals surface area contributed by atoms with E-state index in [1.165, 1.54) is 0 Å². The maximum Gasteiger partial charge on any atom is 0.160 e. The van der Waals surface area contributed by atoms with Crippen molar-refractivity contribution in [3.8, 4) is 5.75 Å². The van der Waals surface area contributed by atoms with E-state index >= 15 is 0 Å². The van der Waals surface area contributed by atoms with Crippen molar-refractivity contribution in [2.45, 2.75) is 26.9 Å². The SMILES string of the molecule is Cc1cc(NC[C@@H](O)COc2ccccc2)n2nc(C)c(C)c2n1. The van der Waals surface area contributed by atoms with Crippen molar-refractivity contribution in [2.24, 2.45) is 0 Å². The molecule has 6 heteroatoms. The van der Waals surface area contributed by atoms with Gasteiger partial charge in [0, 0.05) is 23.9 Å². The number of aliphatic hydroxyl groups excluding tert-OH is 1. The second-order valence-electron chi connectivity index (χ2n) is 5.89. The predicted octanol–water partition coefficient (Wildman–Crippen LogP) is 2.51. The van der Waals surface area contributed by atoms with Gasteiger partial charge in [0.15, 0.2) is 5.65 Å². The summed E-state index contributed by atoms with van der Waals surface area (Å²) in [6, 6.07) is 11.4. The largest absolute Gasteiger partial charge is 0.491 e. The fourth-order valence-corrected chi connectivity index (χ4v) is 2.47. The highest BCUT2D eigenvalue weighted by molar-refractivity contribution is 5.55. The van der Waals surface area contributed by atoms with Gasteiger partial charge in [0.05, 0.1) is 5.69 Å². The predicted molar refractivity (Wildman–Crippen MR) is 93.6 cm³/mol. The Bertz CT molecular complexity index is 830. The minimum absolute atomic E-state index is 0.224. The van der Waals surface area contributed by atoms with Gasteiger partial charge in [-0.25, -0.2) is 4.98 Å². The van der Waals surface area contributed by atoms with Gasteiger partial charge < -0.3 is 15.2 Å². The summed E-state index contributed by atoms with van der Waals surface area (Å²) in [7, 11) is 0. The summed E-state index contributed by atoms with van der Waals surface area (Å²) >= 11 is 0. The Labute approximate surface area is 141 Å². The van der Waals surface area contributed by atoms with Crippen LogP contribution in [0.2, 0.25) is 0 Å². The quantitative estimate of drug-likeness (QED) is 0.728. The standard InChI is InChI=1S/C18H22N4O2/c1-12-9-17(22-18(20-12)13(2)14(3)21-22)19-10-15(23)11-24-16-7-5-4-6-8-16/h4-9,15,19,23H,10-11H2,1-3H3/t15-/m1/s1. The molecule has 1 aromatic carbocycles. The fraction of sp³-hybridized carbons (Fsp3) is 0.333. The first-order chi connectivity index (χ1) is 11.5. The van der Waals surface area contributed by atoms with Crippen molar-refractivity contribution in [3.05, 3.63) is 53.3 Å². The van der Waals surface area contributed by atoms with Crippen molar-refractivity contribution in [1.29, 1.82) is 0 Å². The Morgan fingerprint density at radius 3 is 2.71 bits per heavy atom. The van der Waals surface area contributed by atoms with Crippen molar-refractivity contribution in [1.82, 2.24) is 14.6 Å². The molecule has 0 saturated heterocycles. The van der Waals surface area contributed by atoms with Crippen molar-refractivity contribution in [2.75, 3.05) is 18.5 Å². The van der Waals surface area contributed by atoms with E-state index in [0.29, 0.717) is 6.54 Å². The summed E-state index contributed by atoms with van der Waals surface area (Å²) in [6.45, 7) is 6.51. The third kappa shape index (κ3) is 3.49. The highest BCUT2D eigenvalue weighted by atomic mass is 16.5. The highest BCUT2D eigenvalue weighted by Crippen LogP contribution is 2.18. The smallest absolute Gasteiger partial charge is 0.160 e. The number of benzene rings is 1. The molecule has 24 heavy (non-hydrogen) atoms. The minimum atomic E-state index is -0.633. The summed E-state index contributed by atoms with van der Waals surface area (Å²) in [6.07, 6.45) is -0.633. The second kappa shape index (κ2) is 6.88. The molecular weight excluding hydrogens is 304 g/mol. The van der Waals surface area contributed by atoms with E-state index in [1.54, 1.807) is 4.52 Å². The van der Waals surface area contributed by atoms with Gasteiger partial charge in [-0.3, -0.25) is 0 Å². The van der Waals surface area contributed by atoms with Crippen LogP contribution in [0.1, 0.15) is 17.0 Å². The number of hydrogen-bond donors (Lipinski definition) is 2. The zero-order valence-corrected chi connectivity index (χ0v) is 14.2. The number of aryl methyl sites for hydroxylation is 3. The molecular formula is C18H22N4O2. The van der Waals surface area contributed by atoms with Gasteiger partial charge in [-0.2, -0.15) is 9.61 Å². The van der Waals surface area contributed by atoms with Crippen LogP contribution in [0.5, 0.6) is 5.75 Å². The summed E-state index contributed by atoms with van der Waals surface area (Å²) < 4.78 is 7.35. The number of nitrogens with zero attached hydrogens (tertiary/aromatic N) is 3. The lowest BCUT2D eigenvalue weighted by Crippen LogP contribution is -2.27. The van der Waals surface area contributed by atoms with E-state index in [-0.39, 0.29) is 6.61 Å². The summed E-state index contributed by atoms with van der Waals surface area (Å²) in [5, 5.41) is 17.9. The molecule has 1 atom stereocenters. The molecule has 0 amide bonds. The third-order valence-corrected chi connectivity index (χ3v) is 3.89. The number of hydrogen-bond acceptors (Lipinski definition) is 5. The molecule has 0 aliphatic heterocycles. The molecule has 0 saturated carbocycles. The lowest BCUT2D eigenvalue weighted by Gasteiger charge is -2.15. The highest BCUT2D eigenvalue weighted by Gasteiger charge is 2.12. The van der Waals surface area contributed by atoms with Crippen LogP contribution >= 0.6 is 0 Å². The Morgan fingerprint density at radius 1 is 1.21 bits per heavy atom. The van der Waals surface area contributed by atoms with E-state index < -0.39 is 6.10 Å². The number of rotatable bonds is 6. The molecule has 6 nitrogen and oxygen atoms in total. The first kappa shape index (κ1) is 16.3. The normalized spacial score (nSPS) is 12.3. The molecule has 0 spiro atoms. The molecule has 2 heterocycles. The van der Waals surface area contributed by atoms with Gasteiger partial charge in [-0.1, -0.05) is 18.2 Å². The van der Waals surface area contributed by atoms with Gasteiger partial charge in [0.2, 0.25) is 0 Å². The molecule has 0 unspecified atom stereocenters. The monoisotopic (exact) mass is 326 g/mol. The Morgan fingerprint density at radius 2 is 1.96 bits per heavy atom. The topological polar surface area (TPSA) is 71.7 Å². The lowest BCUT2D eigenvalue weighted by atomic mass is 10.3. The number of aliphatic hydroxyl groups is 1. The number of ether oxygens (including phenoxy) is 1. The zero-order chi connectivity index (χ0) is 17.1. The second-order valence-corrected chi connectivity index (χ2v) is 5.89. The van der Waals surface area contributed by atoms with Crippen LogP contribution in [0, 0.1) is 20.8 Å². The average Bonchev–Trinajstić information content (AvgIpc) is 2.87. The van der Waals surface area contributed by atoms with Crippen LogP contribution in [0.25, 0.3) is 5.65 Å². The molecule has 0 radical (unpaired) electrons. The van der Waals surface area contributed by atoms with Crippen LogP contribution < -0.4 is 10.1 Å². The molecule has 3 rings (SSSR count). The van der Waals surface area contributed by atoms with Gasteiger partial charge in [-0.15, -0.1) is 0 Å². The van der Waals surface area contributed by atoms with E-state index in [4.69, 9.17) is 4.74 Å². The van der Waals surface area contributed by atoms with Gasteiger partial charge in [-0.05, 0) is 32.9 Å². The molecule has 2 N–H and O–H groups in total. The molecule has 2 aromatic heterocycles. The van der Waals surface area contributed by atoms with Crippen LogP contribution in [0.4, 0.5) is 5.82 Å². The first-order valence-electron chi connectivity index (χ1n) is 7.98. The summed E-state index contributed by atoms with van der Waals surface area (Å²) in [5.41, 5.74) is 3.76. The van der Waals surface area contributed by atoms with E-state index in [9.17, 15) is 5.11 Å². The molecule has 0 bridgehead atoms. The van der Waals surface area contributed by atoms with Crippen molar-refractivity contribution in [3.63, 3.8) is 0 Å². The van der Waals surface area contributed by atoms with Gasteiger partial charge in [0.25, 0.3) is 0 Å². The van der Waals surface area contributed by atoms with Gasteiger partial charge >= 0.3 is 0 Å². The third-order valence-electron chi connectivity index (χ3n) is 3.89. The molecule has 3 aromatic rings. The Balaban J connectivity index is 1.66. The number of nitrogens with one attached hydrogen (secondary N) is 1. The Hall–Kier alpha value is -2.60. The molecule has 0 aliphatic rings. The zero-order valence-electron chi connectivity index (χ0n) is 14.2. The number of anilines is 1. The van der Waals surface area contributed by atoms with Crippen molar-refractivity contribution < 1.29 is 9.84 Å². The number of fused-ring (bicyclic) bond motifs is 1. The minimum Gasteiger partial charge on any atom is -0.491 e. The molecule has 0 aliphatic carbocycles. The number of para-hydroxylation sites is 1. The maximum atomic E-state index is 10.1. The van der Waals surface area contributed by atoms with E-state index in [2.05, 4.69) is 15.4 Å². The van der Waals surface area contributed by atoms with Gasteiger partial charge in [0.1, 0.15) is 24.3 Å².